The zero-order valence-electron chi connectivity index (χ0n) is 16.8. The second-order valence-electron chi connectivity index (χ2n) is 7.34. The van der Waals surface area contributed by atoms with Crippen molar-refractivity contribution in [2.45, 2.75) is 12.5 Å². The molecule has 0 radical (unpaired) electrons. The summed E-state index contributed by atoms with van der Waals surface area (Å²) in [5, 5.41) is 0. The molecule has 2 aliphatic heterocycles. The number of carbonyl (C=O) groups is 1. The van der Waals surface area contributed by atoms with Crippen LogP contribution in [0.25, 0.3) is 6.08 Å². The molecule has 2 aromatic carbocycles. The average Bonchev–Trinajstić information content (AvgIpc) is 3.16. The monoisotopic (exact) mass is 394 g/mol. The standard InChI is InChI=1S/C23H26N2O4/c1-24-12-11-18(16-24)29-21-9-7-17(15-22(21)27-2)8-10-23(26)25-13-14-28-20-6-4-3-5-19(20)25/h3-10,15,18H,11-14,16H2,1-2H3. The third-order valence-electron chi connectivity index (χ3n) is 5.24. The van der Waals surface area contributed by atoms with Gasteiger partial charge in [0.15, 0.2) is 11.5 Å². The lowest BCUT2D eigenvalue weighted by Gasteiger charge is -2.28. The molecule has 0 saturated carbocycles. The van der Waals surface area contributed by atoms with Crippen LogP contribution in [0, 0.1) is 0 Å². The van der Waals surface area contributed by atoms with Crippen molar-refractivity contribution in [3.8, 4) is 17.2 Å². The summed E-state index contributed by atoms with van der Waals surface area (Å²) in [7, 11) is 3.73. The fraction of sp³-hybridized carbons (Fsp3) is 0.348. The zero-order valence-corrected chi connectivity index (χ0v) is 16.8. The summed E-state index contributed by atoms with van der Waals surface area (Å²) in [5.41, 5.74) is 1.68. The first kappa shape index (κ1) is 19.3. The van der Waals surface area contributed by atoms with Crippen molar-refractivity contribution in [3.05, 3.63) is 54.1 Å². The number of likely N-dealkylation sites (N-methyl/N-ethyl adjacent to an activating group) is 1. The Hall–Kier alpha value is -2.99. The highest BCUT2D eigenvalue weighted by molar-refractivity contribution is 6.05. The Kier molecular flexibility index (Phi) is 5.71. The van der Waals surface area contributed by atoms with Gasteiger partial charge in [0.05, 0.1) is 19.3 Å². The van der Waals surface area contributed by atoms with Crippen molar-refractivity contribution >= 4 is 17.7 Å². The number of likely N-dealkylation sites (tertiary alicyclic amines) is 1. The molecule has 0 aliphatic carbocycles. The maximum absolute atomic E-state index is 12.7. The lowest BCUT2D eigenvalue weighted by atomic mass is 10.1. The summed E-state index contributed by atoms with van der Waals surface area (Å²) in [5.74, 6) is 2.07. The van der Waals surface area contributed by atoms with Crippen LogP contribution in [-0.4, -0.2) is 57.3 Å². The second kappa shape index (κ2) is 8.57. The Morgan fingerprint density at radius 1 is 1.17 bits per heavy atom. The number of benzene rings is 2. The molecule has 0 aromatic heterocycles. The van der Waals surface area contributed by atoms with Crippen LogP contribution in [0.2, 0.25) is 0 Å². The molecule has 1 unspecified atom stereocenters. The summed E-state index contributed by atoms with van der Waals surface area (Å²) >= 11 is 0. The molecule has 1 saturated heterocycles. The number of amides is 1. The highest BCUT2D eigenvalue weighted by Gasteiger charge is 2.23. The second-order valence-corrected chi connectivity index (χ2v) is 7.34. The van der Waals surface area contributed by atoms with Gasteiger partial charge < -0.3 is 24.0 Å². The summed E-state index contributed by atoms with van der Waals surface area (Å²) in [6, 6.07) is 13.3. The molecule has 2 aromatic rings. The number of hydrogen-bond donors (Lipinski definition) is 0. The van der Waals surface area contributed by atoms with Crippen LogP contribution in [0.3, 0.4) is 0 Å². The summed E-state index contributed by atoms with van der Waals surface area (Å²) in [4.78, 5) is 16.7. The largest absolute Gasteiger partial charge is 0.493 e. The Bertz CT molecular complexity index is 912. The molecule has 2 heterocycles. The molecule has 1 atom stereocenters. The molecule has 2 aliphatic rings. The highest BCUT2D eigenvalue weighted by Crippen LogP contribution is 2.32. The average molecular weight is 394 g/mol. The molecule has 0 N–H and O–H groups in total. The predicted octanol–water partition coefficient (Wildman–Crippen LogP) is 3.22. The number of nitrogens with zero attached hydrogens (tertiary/aromatic N) is 2. The number of hydrogen-bond acceptors (Lipinski definition) is 5. The van der Waals surface area contributed by atoms with Crippen molar-refractivity contribution in [2.75, 3.05) is 45.3 Å². The van der Waals surface area contributed by atoms with E-state index < -0.39 is 0 Å². The van der Waals surface area contributed by atoms with Gasteiger partial charge in [-0.3, -0.25) is 4.79 Å². The Balaban J connectivity index is 1.46. The first-order chi connectivity index (χ1) is 14.1. The van der Waals surface area contributed by atoms with Gasteiger partial charge in [-0.15, -0.1) is 0 Å². The Morgan fingerprint density at radius 3 is 2.83 bits per heavy atom. The van der Waals surface area contributed by atoms with Crippen LogP contribution in [0.4, 0.5) is 5.69 Å². The number of carbonyl (C=O) groups excluding carboxylic acids is 1. The molecule has 1 amide bonds. The number of methoxy groups -OCH3 is 1. The third kappa shape index (κ3) is 4.38. The minimum absolute atomic E-state index is 0.0750. The first-order valence-corrected chi connectivity index (χ1v) is 9.88. The molecule has 152 valence electrons. The molecule has 0 spiro atoms. The van der Waals surface area contributed by atoms with E-state index in [1.807, 2.05) is 42.5 Å². The molecule has 6 nitrogen and oxygen atoms in total. The van der Waals surface area contributed by atoms with E-state index >= 15 is 0 Å². The first-order valence-electron chi connectivity index (χ1n) is 9.88. The van der Waals surface area contributed by atoms with E-state index in [-0.39, 0.29) is 12.0 Å². The van der Waals surface area contributed by atoms with Gasteiger partial charge >= 0.3 is 0 Å². The van der Waals surface area contributed by atoms with Crippen LogP contribution in [-0.2, 0) is 4.79 Å². The van der Waals surface area contributed by atoms with E-state index in [1.165, 1.54) is 0 Å². The van der Waals surface area contributed by atoms with Crippen molar-refractivity contribution < 1.29 is 19.0 Å². The van der Waals surface area contributed by atoms with Gasteiger partial charge in [-0.05, 0) is 49.4 Å². The summed E-state index contributed by atoms with van der Waals surface area (Å²) in [6.07, 6.45) is 4.58. The van der Waals surface area contributed by atoms with Gasteiger partial charge in [0, 0.05) is 19.2 Å². The number of fused-ring (bicyclic) bond motifs is 1. The smallest absolute Gasteiger partial charge is 0.251 e. The minimum atomic E-state index is -0.0750. The van der Waals surface area contributed by atoms with E-state index in [2.05, 4.69) is 11.9 Å². The summed E-state index contributed by atoms with van der Waals surface area (Å²) in [6.45, 7) is 2.99. The van der Waals surface area contributed by atoms with Crippen LogP contribution >= 0.6 is 0 Å². The van der Waals surface area contributed by atoms with E-state index in [4.69, 9.17) is 14.2 Å². The predicted molar refractivity (Wildman–Crippen MR) is 113 cm³/mol. The van der Waals surface area contributed by atoms with Crippen LogP contribution < -0.4 is 19.1 Å². The number of anilines is 1. The summed E-state index contributed by atoms with van der Waals surface area (Å²) < 4.78 is 17.2. The van der Waals surface area contributed by atoms with Gasteiger partial charge in [-0.25, -0.2) is 0 Å². The highest BCUT2D eigenvalue weighted by atomic mass is 16.5. The van der Waals surface area contributed by atoms with Gasteiger partial charge in [-0.2, -0.15) is 0 Å². The van der Waals surface area contributed by atoms with Crippen LogP contribution in [0.15, 0.2) is 48.5 Å². The fourth-order valence-electron chi connectivity index (χ4n) is 3.71. The molecule has 1 fully saturated rings. The van der Waals surface area contributed by atoms with Gasteiger partial charge in [0.1, 0.15) is 18.5 Å². The van der Waals surface area contributed by atoms with Crippen LogP contribution in [0.5, 0.6) is 17.2 Å². The van der Waals surface area contributed by atoms with Crippen molar-refractivity contribution in [1.82, 2.24) is 4.90 Å². The zero-order chi connectivity index (χ0) is 20.2. The molecule has 0 bridgehead atoms. The van der Waals surface area contributed by atoms with E-state index in [9.17, 15) is 4.79 Å². The quantitative estimate of drug-likeness (QED) is 0.729. The van der Waals surface area contributed by atoms with Crippen molar-refractivity contribution in [3.63, 3.8) is 0 Å². The van der Waals surface area contributed by atoms with Gasteiger partial charge in [0.25, 0.3) is 5.91 Å². The number of ether oxygens (including phenoxy) is 3. The fourth-order valence-corrected chi connectivity index (χ4v) is 3.71. The third-order valence-corrected chi connectivity index (χ3v) is 5.24. The SMILES string of the molecule is COc1cc(C=CC(=O)N2CCOc3ccccc32)ccc1OC1CCN(C)C1. The van der Waals surface area contributed by atoms with E-state index in [0.717, 1.165) is 42.3 Å². The molecule has 4 rings (SSSR count). The Labute approximate surface area is 171 Å². The Morgan fingerprint density at radius 2 is 2.03 bits per heavy atom. The van der Waals surface area contributed by atoms with E-state index in [1.54, 1.807) is 24.2 Å². The van der Waals surface area contributed by atoms with E-state index in [0.29, 0.717) is 18.9 Å². The molecular weight excluding hydrogens is 368 g/mol. The maximum atomic E-state index is 12.7. The van der Waals surface area contributed by atoms with Crippen LogP contribution in [0.1, 0.15) is 12.0 Å². The van der Waals surface area contributed by atoms with Crippen molar-refractivity contribution in [1.29, 1.82) is 0 Å². The number of rotatable bonds is 5. The lowest BCUT2D eigenvalue weighted by molar-refractivity contribution is -0.114. The van der Waals surface area contributed by atoms with Gasteiger partial charge in [0.2, 0.25) is 0 Å². The lowest BCUT2D eigenvalue weighted by Crippen LogP contribution is -2.36. The molecular formula is C23H26N2O4. The molecule has 29 heavy (non-hydrogen) atoms. The van der Waals surface area contributed by atoms with Crippen molar-refractivity contribution in [2.24, 2.45) is 0 Å². The number of para-hydroxylation sites is 2. The maximum Gasteiger partial charge on any atom is 0.251 e. The topological polar surface area (TPSA) is 51.2 Å². The molecule has 6 heteroatoms. The van der Waals surface area contributed by atoms with Gasteiger partial charge in [-0.1, -0.05) is 18.2 Å². The minimum Gasteiger partial charge on any atom is -0.493 e. The normalized spacial score (nSPS) is 19.1.